The van der Waals surface area contributed by atoms with Crippen molar-refractivity contribution in [2.75, 3.05) is 13.1 Å². The summed E-state index contributed by atoms with van der Waals surface area (Å²) in [6, 6.07) is 22.9. The SMILES string of the molecule is C[C@@H](C(=O)NCc1ccc(Cl)cc1)N(Cc1ccccc1)C(=O)CCc1ccc(S(=O)(=O)N2CCCC2)cc1. The molecule has 0 bridgehead atoms. The van der Waals surface area contributed by atoms with Crippen molar-refractivity contribution in [3.63, 3.8) is 0 Å². The van der Waals surface area contributed by atoms with Gasteiger partial charge in [0.1, 0.15) is 6.04 Å². The molecule has 0 radical (unpaired) electrons. The summed E-state index contributed by atoms with van der Waals surface area (Å²) in [5.74, 6) is -0.396. The molecule has 1 aliphatic rings. The van der Waals surface area contributed by atoms with E-state index in [2.05, 4.69) is 5.32 Å². The third-order valence-corrected chi connectivity index (χ3v) is 9.16. The van der Waals surface area contributed by atoms with Gasteiger partial charge < -0.3 is 10.2 Å². The molecule has 0 spiro atoms. The van der Waals surface area contributed by atoms with Crippen LogP contribution in [-0.2, 0) is 39.1 Å². The van der Waals surface area contributed by atoms with Crippen LogP contribution in [0.3, 0.4) is 0 Å². The van der Waals surface area contributed by atoms with E-state index in [9.17, 15) is 18.0 Å². The predicted molar refractivity (Wildman–Crippen MR) is 153 cm³/mol. The van der Waals surface area contributed by atoms with Crippen molar-refractivity contribution in [2.45, 2.75) is 56.6 Å². The maximum absolute atomic E-state index is 13.4. The van der Waals surface area contributed by atoms with Gasteiger partial charge in [0.2, 0.25) is 21.8 Å². The van der Waals surface area contributed by atoms with Gasteiger partial charge in [-0.25, -0.2) is 8.42 Å². The average Bonchev–Trinajstić information content (AvgIpc) is 3.51. The predicted octanol–water partition coefficient (Wildman–Crippen LogP) is 4.79. The Kier molecular flexibility index (Phi) is 9.78. The fourth-order valence-corrected chi connectivity index (χ4v) is 6.25. The highest BCUT2D eigenvalue weighted by Gasteiger charge is 2.28. The Balaban J connectivity index is 1.40. The van der Waals surface area contributed by atoms with Crippen LogP contribution in [0.4, 0.5) is 0 Å². The number of halogens is 1. The summed E-state index contributed by atoms with van der Waals surface area (Å²) < 4.78 is 27.1. The minimum Gasteiger partial charge on any atom is -0.350 e. The molecular weight excluding hydrogens is 534 g/mol. The van der Waals surface area contributed by atoms with Gasteiger partial charge in [0.05, 0.1) is 4.90 Å². The molecule has 4 rings (SSSR count). The first-order chi connectivity index (χ1) is 18.7. The first-order valence-corrected chi connectivity index (χ1v) is 15.0. The summed E-state index contributed by atoms with van der Waals surface area (Å²) in [6.45, 7) is 3.49. The summed E-state index contributed by atoms with van der Waals surface area (Å²) >= 11 is 5.95. The van der Waals surface area contributed by atoms with E-state index in [0.29, 0.717) is 37.6 Å². The lowest BCUT2D eigenvalue weighted by Crippen LogP contribution is -2.47. The number of benzene rings is 3. The van der Waals surface area contributed by atoms with Crippen LogP contribution in [0.1, 0.15) is 42.9 Å². The Labute approximate surface area is 235 Å². The molecule has 206 valence electrons. The Hall–Kier alpha value is -3.20. The fourth-order valence-electron chi connectivity index (χ4n) is 4.60. The summed E-state index contributed by atoms with van der Waals surface area (Å²) in [6.07, 6.45) is 2.40. The molecule has 3 aromatic carbocycles. The van der Waals surface area contributed by atoms with Gasteiger partial charge in [0, 0.05) is 37.6 Å². The molecule has 39 heavy (non-hydrogen) atoms. The number of nitrogens with one attached hydrogen (secondary N) is 1. The molecule has 0 aliphatic carbocycles. The third kappa shape index (κ3) is 7.68. The van der Waals surface area contributed by atoms with Gasteiger partial charge in [0.15, 0.2) is 0 Å². The summed E-state index contributed by atoms with van der Waals surface area (Å²) in [4.78, 5) is 28.3. The van der Waals surface area contributed by atoms with Crippen molar-refractivity contribution >= 4 is 33.4 Å². The van der Waals surface area contributed by atoms with Gasteiger partial charge in [-0.05, 0) is 67.1 Å². The van der Waals surface area contributed by atoms with Gasteiger partial charge in [-0.2, -0.15) is 4.31 Å². The lowest BCUT2D eigenvalue weighted by molar-refractivity contribution is -0.140. The molecule has 1 saturated heterocycles. The third-order valence-electron chi connectivity index (χ3n) is 7.00. The highest BCUT2D eigenvalue weighted by molar-refractivity contribution is 7.89. The second kappa shape index (κ2) is 13.2. The van der Waals surface area contributed by atoms with E-state index in [4.69, 9.17) is 11.6 Å². The minimum atomic E-state index is -3.48. The summed E-state index contributed by atoms with van der Waals surface area (Å²) in [5, 5.41) is 3.55. The van der Waals surface area contributed by atoms with E-state index >= 15 is 0 Å². The molecule has 2 amide bonds. The van der Waals surface area contributed by atoms with Crippen molar-refractivity contribution in [3.05, 3.63) is 101 Å². The summed E-state index contributed by atoms with van der Waals surface area (Å²) in [7, 11) is -3.48. The number of hydrogen-bond donors (Lipinski definition) is 1. The molecule has 0 unspecified atom stereocenters. The number of rotatable bonds is 11. The van der Waals surface area contributed by atoms with Crippen LogP contribution in [0.25, 0.3) is 0 Å². The molecule has 1 aliphatic heterocycles. The first-order valence-electron chi connectivity index (χ1n) is 13.2. The largest absolute Gasteiger partial charge is 0.350 e. The van der Waals surface area contributed by atoms with Crippen LogP contribution >= 0.6 is 11.6 Å². The number of nitrogens with zero attached hydrogens (tertiary/aromatic N) is 2. The standard InChI is InChI=1S/C30H34ClN3O4S/c1-23(30(36)32-21-25-9-14-27(31)15-10-25)34(22-26-7-3-2-4-8-26)29(35)18-13-24-11-16-28(17-12-24)39(37,38)33-19-5-6-20-33/h2-4,7-12,14-17,23H,5-6,13,18-22H2,1H3,(H,32,36)/t23-/m0/s1. The molecule has 0 saturated carbocycles. The maximum Gasteiger partial charge on any atom is 0.243 e. The van der Waals surface area contributed by atoms with E-state index in [1.54, 1.807) is 48.2 Å². The second-order valence-corrected chi connectivity index (χ2v) is 12.2. The Morgan fingerprint density at radius 2 is 1.51 bits per heavy atom. The molecule has 0 aromatic heterocycles. The van der Waals surface area contributed by atoms with Crippen LogP contribution < -0.4 is 5.32 Å². The lowest BCUT2D eigenvalue weighted by atomic mass is 10.1. The zero-order valence-electron chi connectivity index (χ0n) is 22.1. The van der Waals surface area contributed by atoms with Gasteiger partial charge in [-0.15, -0.1) is 0 Å². The van der Waals surface area contributed by atoms with Crippen LogP contribution in [0, 0.1) is 0 Å². The molecule has 9 heteroatoms. The number of amides is 2. The Morgan fingerprint density at radius 3 is 2.15 bits per heavy atom. The minimum absolute atomic E-state index is 0.151. The quantitative estimate of drug-likeness (QED) is 0.361. The van der Waals surface area contributed by atoms with Crippen molar-refractivity contribution in [2.24, 2.45) is 0 Å². The first kappa shape index (κ1) is 28.8. The van der Waals surface area contributed by atoms with E-state index in [1.807, 2.05) is 42.5 Å². The molecule has 1 fully saturated rings. The monoisotopic (exact) mass is 567 g/mol. The van der Waals surface area contributed by atoms with Gasteiger partial charge in [-0.3, -0.25) is 9.59 Å². The van der Waals surface area contributed by atoms with Crippen LogP contribution in [0.5, 0.6) is 0 Å². The lowest BCUT2D eigenvalue weighted by Gasteiger charge is -2.29. The van der Waals surface area contributed by atoms with E-state index in [1.165, 1.54) is 4.31 Å². The topological polar surface area (TPSA) is 86.8 Å². The molecule has 1 atom stereocenters. The van der Waals surface area contributed by atoms with Crippen molar-refractivity contribution in [1.82, 2.24) is 14.5 Å². The van der Waals surface area contributed by atoms with Gasteiger partial charge in [-0.1, -0.05) is 66.2 Å². The van der Waals surface area contributed by atoms with Crippen molar-refractivity contribution in [1.29, 1.82) is 0 Å². The number of carbonyl (C=O) groups is 2. The summed E-state index contributed by atoms with van der Waals surface area (Å²) in [5.41, 5.74) is 2.71. The van der Waals surface area contributed by atoms with E-state index < -0.39 is 16.1 Å². The molecule has 7 nitrogen and oxygen atoms in total. The smallest absolute Gasteiger partial charge is 0.243 e. The highest BCUT2D eigenvalue weighted by Crippen LogP contribution is 2.22. The zero-order chi connectivity index (χ0) is 27.8. The van der Waals surface area contributed by atoms with Gasteiger partial charge >= 0.3 is 0 Å². The second-order valence-electron chi connectivity index (χ2n) is 9.78. The zero-order valence-corrected chi connectivity index (χ0v) is 23.6. The van der Waals surface area contributed by atoms with Crippen molar-refractivity contribution < 1.29 is 18.0 Å². The molecule has 3 aromatic rings. The fraction of sp³-hybridized carbons (Fsp3) is 0.333. The maximum atomic E-state index is 13.4. The normalized spacial score (nSPS) is 14.6. The number of hydrogen-bond acceptors (Lipinski definition) is 4. The Bertz CT molecular complexity index is 1360. The van der Waals surface area contributed by atoms with Crippen LogP contribution in [0.15, 0.2) is 83.8 Å². The molecule has 1 heterocycles. The van der Waals surface area contributed by atoms with E-state index in [0.717, 1.165) is 29.5 Å². The number of sulfonamides is 1. The van der Waals surface area contributed by atoms with Crippen molar-refractivity contribution in [3.8, 4) is 0 Å². The Morgan fingerprint density at radius 1 is 0.897 bits per heavy atom. The van der Waals surface area contributed by atoms with Crippen LogP contribution in [-0.4, -0.2) is 48.6 Å². The van der Waals surface area contributed by atoms with Gasteiger partial charge in [0.25, 0.3) is 0 Å². The number of carbonyl (C=O) groups excluding carboxylic acids is 2. The molecular formula is C30H34ClN3O4S. The van der Waals surface area contributed by atoms with E-state index in [-0.39, 0.29) is 23.1 Å². The average molecular weight is 568 g/mol. The van der Waals surface area contributed by atoms with Crippen LogP contribution in [0.2, 0.25) is 5.02 Å². The highest BCUT2D eigenvalue weighted by atomic mass is 35.5. The molecule has 1 N–H and O–H groups in total. The number of aryl methyl sites for hydroxylation is 1.